The third-order valence-electron chi connectivity index (χ3n) is 19.7. The number of rotatable bonds is 78. The molecule has 0 aromatic carbocycles. The summed E-state index contributed by atoms with van der Waals surface area (Å²) in [7, 11) is 0. The predicted octanol–water partition coefficient (Wildman–Crippen LogP) is 26.9. The second-order valence-electron chi connectivity index (χ2n) is 28.5. The van der Waals surface area contributed by atoms with Gasteiger partial charge in [0.1, 0.15) is 0 Å². The molecule has 0 aliphatic heterocycles. The molecule has 0 fully saturated rings. The summed E-state index contributed by atoms with van der Waals surface area (Å²) in [6.07, 6.45) is 96.4. The largest absolute Gasteiger partial charge is 0.466 e. The predicted molar refractivity (Wildman–Crippen MR) is 384 cm³/mol. The number of carbonyl (C=O) groups is 2. The van der Waals surface area contributed by atoms with Gasteiger partial charge in [0.05, 0.1) is 25.4 Å². The standard InChI is InChI=1S/C81H161NO5/c1-3-5-7-9-11-13-15-17-18-19-20-40-43-46-50-53-57-61-65-69-73-79(84)78(77-83)82-80(85)74-70-66-62-58-54-51-47-44-41-38-36-34-32-30-28-26-24-22-21-23-25-27-29-31-33-35-37-39-42-45-48-52-56-60-64-68-72-76-87-81(86)75-71-67-63-59-55-49-16-14-12-10-8-6-4-2/h78-79,83-84H,3-77H2,1-2H3,(H,82,85). The van der Waals surface area contributed by atoms with Gasteiger partial charge in [0, 0.05) is 12.8 Å². The maximum absolute atomic E-state index is 12.6. The highest BCUT2D eigenvalue weighted by molar-refractivity contribution is 5.76. The third kappa shape index (κ3) is 73.8. The molecule has 0 aromatic heterocycles. The van der Waals surface area contributed by atoms with Crippen LogP contribution in [0.3, 0.4) is 0 Å². The summed E-state index contributed by atoms with van der Waals surface area (Å²) in [6, 6.07) is -0.537. The van der Waals surface area contributed by atoms with Gasteiger partial charge < -0.3 is 20.3 Å². The van der Waals surface area contributed by atoms with E-state index >= 15 is 0 Å². The van der Waals surface area contributed by atoms with E-state index in [2.05, 4.69) is 19.2 Å². The SMILES string of the molecule is CCCCCCCCCCCCCCCCCCCCCCC(O)C(CO)NC(=O)CCCCCCCCCCCCCCCCCCCCCCCCCCCCCCCCCCCCCCCOC(=O)CCCCCCCCCCCCCCC. The van der Waals surface area contributed by atoms with Crippen LogP contribution in [0, 0.1) is 0 Å². The van der Waals surface area contributed by atoms with Crippen molar-refractivity contribution in [2.75, 3.05) is 13.2 Å². The molecule has 0 heterocycles. The van der Waals surface area contributed by atoms with Crippen molar-refractivity contribution < 1.29 is 24.5 Å². The molecule has 0 saturated carbocycles. The Balaban J connectivity index is 3.29. The maximum Gasteiger partial charge on any atom is 0.305 e. The molecule has 0 bridgehead atoms. The molecule has 0 radical (unpaired) electrons. The first-order valence-electron chi connectivity index (χ1n) is 40.8. The van der Waals surface area contributed by atoms with Crippen LogP contribution in [-0.2, 0) is 14.3 Å². The van der Waals surface area contributed by atoms with Crippen LogP contribution >= 0.6 is 0 Å². The Morgan fingerprint density at radius 3 is 0.701 bits per heavy atom. The number of hydrogen-bond acceptors (Lipinski definition) is 5. The molecule has 0 saturated heterocycles. The fraction of sp³-hybridized carbons (Fsp3) is 0.975. The molecule has 6 heteroatoms. The Bertz CT molecular complexity index is 1280. The maximum atomic E-state index is 12.6. The van der Waals surface area contributed by atoms with E-state index in [-0.39, 0.29) is 18.5 Å². The Labute approximate surface area is 547 Å². The number of aliphatic hydroxyl groups is 2. The number of aliphatic hydroxyl groups excluding tert-OH is 2. The molecule has 0 spiro atoms. The Hall–Kier alpha value is -1.14. The van der Waals surface area contributed by atoms with Gasteiger partial charge >= 0.3 is 5.97 Å². The Kier molecular flexibility index (Phi) is 76.3. The summed E-state index contributed by atoms with van der Waals surface area (Å²) >= 11 is 0. The van der Waals surface area contributed by atoms with Crippen LogP contribution in [-0.4, -0.2) is 47.4 Å². The van der Waals surface area contributed by atoms with Crippen LogP contribution in [0.5, 0.6) is 0 Å². The highest BCUT2D eigenvalue weighted by Crippen LogP contribution is 2.21. The smallest absolute Gasteiger partial charge is 0.305 e. The van der Waals surface area contributed by atoms with Crippen LogP contribution in [0.1, 0.15) is 483 Å². The van der Waals surface area contributed by atoms with Gasteiger partial charge in [-0.3, -0.25) is 9.59 Å². The molecule has 2 unspecified atom stereocenters. The molecule has 2 atom stereocenters. The zero-order valence-electron chi connectivity index (χ0n) is 59.8. The normalized spacial score (nSPS) is 12.4. The van der Waals surface area contributed by atoms with Gasteiger partial charge in [-0.25, -0.2) is 0 Å². The highest BCUT2D eigenvalue weighted by Gasteiger charge is 2.20. The summed E-state index contributed by atoms with van der Waals surface area (Å²) < 4.78 is 5.50. The van der Waals surface area contributed by atoms with E-state index in [1.165, 1.54) is 411 Å². The summed E-state index contributed by atoms with van der Waals surface area (Å²) in [5.41, 5.74) is 0. The van der Waals surface area contributed by atoms with Crippen LogP contribution in [0.2, 0.25) is 0 Å². The van der Waals surface area contributed by atoms with Crippen molar-refractivity contribution in [1.29, 1.82) is 0 Å². The van der Waals surface area contributed by atoms with Gasteiger partial charge in [0.15, 0.2) is 0 Å². The highest BCUT2D eigenvalue weighted by atomic mass is 16.5. The average molecular weight is 1230 g/mol. The van der Waals surface area contributed by atoms with Gasteiger partial charge in [-0.1, -0.05) is 444 Å². The van der Waals surface area contributed by atoms with Crippen LogP contribution in [0.25, 0.3) is 0 Å². The molecule has 3 N–H and O–H groups in total. The van der Waals surface area contributed by atoms with Crippen LogP contribution in [0.15, 0.2) is 0 Å². The van der Waals surface area contributed by atoms with E-state index in [9.17, 15) is 19.8 Å². The quantitative estimate of drug-likeness (QED) is 0.0417. The first-order chi connectivity index (χ1) is 43.0. The first kappa shape index (κ1) is 85.9. The topological polar surface area (TPSA) is 95.9 Å². The fourth-order valence-electron chi connectivity index (χ4n) is 13.5. The number of amides is 1. The van der Waals surface area contributed by atoms with Crippen LogP contribution < -0.4 is 5.32 Å². The minimum absolute atomic E-state index is 0.0233. The van der Waals surface area contributed by atoms with Crippen molar-refractivity contribution in [1.82, 2.24) is 5.32 Å². The number of nitrogens with one attached hydrogen (secondary N) is 1. The number of ether oxygens (including phenoxy) is 1. The van der Waals surface area contributed by atoms with Crippen molar-refractivity contribution in [3.63, 3.8) is 0 Å². The van der Waals surface area contributed by atoms with Gasteiger partial charge in [0.2, 0.25) is 5.91 Å². The van der Waals surface area contributed by atoms with Gasteiger partial charge in [-0.05, 0) is 25.7 Å². The van der Waals surface area contributed by atoms with E-state index < -0.39 is 12.1 Å². The molecule has 6 nitrogen and oxygen atoms in total. The lowest BCUT2D eigenvalue weighted by Crippen LogP contribution is -2.45. The molecular weight excluding hydrogens is 1070 g/mol. The van der Waals surface area contributed by atoms with E-state index in [1.807, 2.05) is 0 Å². The average Bonchev–Trinajstić information content (AvgIpc) is 3.57. The summed E-state index contributed by atoms with van der Waals surface area (Å²) in [6.45, 7) is 5.02. The molecule has 0 aliphatic carbocycles. The Morgan fingerprint density at radius 1 is 0.276 bits per heavy atom. The molecule has 0 rings (SSSR count). The number of esters is 1. The second kappa shape index (κ2) is 77.3. The fourth-order valence-corrected chi connectivity index (χ4v) is 13.5. The molecular formula is C81H161NO5. The second-order valence-corrected chi connectivity index (χ2v) is 28.5. The first-order valence-corrected chi connectivity index (χ1v) is 40.8. The minimum Gasteiger partial charge on any atom is -0.466 e. The number of hydrogen-bond donors (Lipinski definition) is 3. The molecule has 87 heavy (non-hydrogen) atoms. The monoisotopic (exact) mass is 1230 g/mol. The number of unbranched alkanes of at least 4 members (excludes halogenated alkanes) is 67. The van der Waals surface area contributed by atoms with E-state index in [0.29, 0.717) is 25.9 Å². The summed E-state index contributed by atoms with van der Waals surface area (Å²) in [4.78, 5) is 24.6. The third-order valence-corrected chi connectivity index (χ3v) is 19.7. The molecule has 520 valence electrons. The van der Waals surface area contributed by atoms with Crippen molar-refractivity contribution in [3.8, 4) is 0 Å². The van der Waals surface area contributed by atoms with E-state index in [4.69, 9.17) is 4.74 Å². The van der Waals surface area contributed by atoms with Crippen molar-refractivity contribution in [2.24, 2.45) is 0 Å². The van der Waals surface area contributed by atoms with E-state index in [0.717, 1.165) is 38.5 Å². The van der Waals surface area contributed by atoms with Gasteiger partial charge in [-0.15, -0.1) is 0 Å². The molecule has 1 amide bonds. The lowest BCUT2D eigenvalue weighted by atomic mass is 10.0. The van der Waals surface area contributed by atoms with Crippen molar-refractivity contribution >= 4 is 11.9 Å². The lowest BCUT2D eigenvalue weighted by Gasteiger charge is -2.22. The zero-order chi connectivity index (χ0) is 62.8. The minimum atomic E-state index is -0.660. The number of carbonyl (C=O) groups excluding carboxylic acids is 2. The van der Waals surface area contributed by atoms with Crippen molar-refractivity contribution in [2.45, 2.75) is 495 Å². The summed E-state index contributed by atoms with van der Waals surface area (Å²) in [5.74, 6) is 0.00306. The Morgan fingerprint density at radius 2 is 0.471 bits per heavy atom. The van der Waals surface area contributed by atoms with Gasteiger partial charge in [0.25, 0.3) is 0 Å². The zero-order valence-corrected chi connectivity index (χ0v) is 59.8. The summed E-state index contributed by atoms with van der Waals surface area (Å²) in [5, 5.41) is 23.5. The van der Waals surface area contributed by atoms with Gasteiger partial charge in [-0.2, -0.15) is 0 Å². The molecule has 0 aromatic rings. The van der Waals surface area contributed by atoms with Crippen molar-refractivity contribution in [3.05, 3.63) is 0 Å². The molecule has 0 aliphatic rings. The lowest BCUT2D eigenvalue weighted by molar-refractivity contribution is -0.143. The van der Waals surface area contributed by atoms with Crippen LogP contribution in [0.4, 0.5) is 0 Å². The van der Waals surface area contributed by atoms with E-state index in [1.54, 1.807) is 0 Å².